The molecule has 1 N–H and O–H groups in total. The lowest BCUT2D eigenvalue weighted by Gasteiger charge is -2.39. The molecule has 1 saturated heterocycles. The van der Waals surface area contributed by atoms with Crippen LogP contribution in [0, 0.1) is 5.92 Å². The largest absolute Gasteiger partial charge is 0.311 e. The van der Waals surface area contributed by atoms with Gasteiger partial charge in [-0.1, -0.05) is 26.2 Å². The average molecular weight is 252 g/mol. The van der Waals surface area contributed by atoms with Crippen LogP contribution < -0.4 is 5.32 Å². The van der Waals surface area contributed by atoms with Crippen molar-refractivity contribution in [3.63, 3.8) is 0 Å². The van der Waals surface area contributed by atoms with Gasteiger partial charge in [0.1, 0.15) is 0 Å². The third kappa shape index (κ3) is 3.71. The maximum Gasteiger partial charge on any atom is 0.00967 e. The lowest BCUT2D eigenvalue weighted by molar-refractivity contribution is 0.147. The van der Waals surface area contributed by atoms with Crippen LogP contribution >= 0.6 is 0 Å². The highest BCUT2D eigenvalue weighted by molar-refractivity contribution is 4.86. The predicted octanol–water partition coefficient (Wildman–Crippen LogP) is 3.42. The Bertz CT molecular complexity index is 235. The number of piperidine rings is 1. The molecule has 2 nitrogen and oxygen atoms in total. The zero-order valence-corrected chi connectivity index (χ0v) is 12.6. The minimum Gasteiger partial charge on any atom is -0.311 e. The second-order valence-corrected chi connectivity index (χ2v) is 6.63. The Kier molecular flexibility index (Phi) is 5.50. The van der Waals surface area contributed by atoms with Crippen molar-refractivity contribution in [1.82, 2.24) is 10.2 Å². The number of nitrogens with zero attached hydrogens (tertiary/aromatic N) is 1. The molecule has 3 atom stereocenters. The molecule has 2 rings (SSSR count). The quantitative estimate of drug-likeness (QED) is 0.825. The molecule has 106 valence electrons. The Labute approximate surface area is 114 Å². The van der Waals surface area contributed by atoms with E-state index in [0.29, 0.717) is 0 Å². The highest BCUT2D eigenvalue weighted by atomic mass is 15.1. The van der Waals surface area contributed by atoms with Crippen molar-refractivity contribution in [1.29, 1.82) is 0 Å². The van der Waals surface area contributed by atoms with Crippen LogP contribution in [0.1, 0.15) is 65.2 Å². The SMILES string of the molecule is CCC(NC1CCN(C)C(C)C1)C1CCCCC1. The van der Waals surface area contributed by atoms with E-state index in [1.165, 1.54) is 57.9 Å². The molecule has 1 aliphatic carbocycles. The lowest BCUT2D eigenvalue weighted by Crippen LogP contribution is -2.50. The van der Waals surface area contributed by atoms with Gasteiger partial charge < -0.3 is 10.2 Å². The smallest absolute Gasteiger partial charge is 0.00967 e. The Balaban J connectivity index is 1.82. The number of likely N-dealkylation sites (tertiary alicyclic amines) is 1. The van der Waals surface area contributed by atoms with Crippen LogP contribution in [0.2, 0.25) is 0 Å². The zero-order chi connectivity index (χ0) is 13.0. The molecule has 0 amide bonds. The highest BCUT2D eigenvalue weighted by Gasteiger charge is 2.28. The van der Waals surface area contributed by atoms with Crippen molar-refractivity contribution in [3.05, 3.63) is 0 Å². The summed E-state index contributed by atoms with van der Waals surface area (Å²) in [6.07, 6.45) is 11.3. The normalized spacial score (nSPS) is 33.5. The van der Waals surface area contributed by atoms with Gasteiger partial charge in [-0.15, -0.1) is 0 Å². The standard InChI is InChI=1S/C16H32N2/c1-4-16(14-8-6-5-7-9-14)17-15-10-11-18(3)13(2)12-15/h13-17H,4-12H2,1-3H3. The molecular formula is C16H32N2. The van der Waals surface area contributed by atoms with E-state index in [2.05, 4.69) is 31.1 Å². The first-order chi connectivity index (χ1) is 8.70. The van der Waals surface area contributed by atoms with E-state index >= 15 is 0 Å². The molecule has 18 heavy (non-hydrogen) atoms. The van der Waals surface area contributed by atoms with Crippen LogP contribution in [0.5, 0.6) is 0 Å². The van der Waals surface area contributed by atoms with E-state index in [0.717, 1.165) is 24.0 Å². The van der Waals surface area contributed by atoms with Gasteiger partial charge in [0.15, 0.2) is 0 Å². The van der Waals surface area contributed by atoms with Gasteiger partial charge in [-0.25, -0.2) is 0 Å². The summed E-state index contributed by atoms with van der Waals surface area (Å²) in [4.78, 5) is 2.50. The molecule has 2 heteroatoms. The van der Waals surface area contributed by atoms with E-state index in [1.54, 1.807) is 0 Å². The fourth-order valence-electron chi connectivity index (χ4n) is 3.87. The van der Waals surface area contributed by atoms with Gasteiger partial charge >= 0.3 is 0 Å². The van der Waals surface area contributed by atoms with Crippen molar-refractivity contribution in [2.24, 2.45) is 5.92 Å². The topological polar surface area (TPSA) is 15.3 Å². The minimum absolute atomic E-state index is 0.750. The molecule has 1 aliphatic heterocycles. The number of rotatable bonds is 4. The van der Waals surface area contributed by atoms with Crippen LogP contribution in [0.4, 0.5) is 0 Å². The van der Waals surface area contributed by atoms with Gasteiger partial charge in [0.2, 0.25) is 0 Å². The molecule has 0 aromatic heterocycles. The lowest BCUT2D eigenvalue weighted by atomic mass is 9.82. The van der Waals surface area contributed by atoms with E-state index in [1.807, 2.05) is 0 Å². The summed E-state index contributed by atoms with van der Waals surface area (Å²) in [7, 11) is 2.26. The molecular weight excluding hydrogens is 220 g/mol. The van der Waals surface area contributed by atoms with Gasteiger partial charge in [-0.05, 0) is 58.5 Å². The van der Waals surface area contributed by atoms with Crippen LogP contribution in [-0.4, -0.2) is 36.6 Å². The fraction of sp³-hybridized carbons (Fsp3) is 1.00. The first kappa shape index (κ1) is 14.3. The maximum atomic E-state index is 4.00. The average Bonchev–Trinajstić information content (AvgIpc) is 2.41. The Morgan fingerprint density at radius 1 is 1.17 bits per heavy atom. The Morgan fingerprint density at radius 2 is 1.89 bits per heavy atom. The summed E-state index contributed by atoms with van der Waals surface area (Å²) in [6.45, 7) is 6.00. The van der Waals surface area contributed by atoms with Gasteiger partial charge in [0, 0.05) is 18.1 Å². The molecule has 0 spiro atoms. The molecule has 1 heterocycles. The van der Waals surface area contributed by atoms with Crippen LogP contribution in [0.3, 0.4) is 0 Å². The van der Waals surface area contributed by atoms with E-state index in [4.69, 9.17) is 0 Å². The van der Waals surface area contributed by atoms with E-state index in [9.17, 15) is 0 Å². The van der Waals surface area contributed by atoms with Gasteiger partial charge in [0.05, 0.1) is 0 Å². The van der Waals surface area contributed by atoms with E-state index in [-0.39, 0.29) is 0 Å². The summed E-state index contributed by atoms with van der Waals surface area (Å²) in [6, 6.07) is 2.30. The second-order valence-electron chi connectivity index (χ2n) is 6.63. The molecule has 0 bridgehead atoms. The predicted molar refractivity (Wildman–Crippen MR) is 78.9 cm³/mol. The Hall–Kier alpha value is -0.0800. The number of hydrogen-bond acceptors (Lipinski definition) is 2. The maximum absolute atomic E-state index is 4.00. The van der Waals surface area contributed by atoms with Crippen molar-refractivity contribution < 1.29 is 0 Å². The first-order valence-corrected chi connectivity index (χ1v) is 8.17. The van der Waals surface area contributed by atoms with Crippen LogP contribution in [0.15, 0.2) is 0 Å². The summed E-state index contributed by atoms with van der Waals surface area (Å²) in [5.41, 5.74) is 0. The highest BCUT2D eigenvalue weighted by Crippen LogP contribution is 2.28. The third-order valence-electron chi connectivity index (χ3n) is 5.32. The van der Waals surface area contributed by atoms with Crippen molar-refractivity contribution in [3.8, 4) is 0 Å². The third-order valence-corrected chi connectivity index (χ3v) is 5.32. The molecule has 0 aromatic carbocycles. The van der Waals surface area contributed by atoms with Gasteiger partial charge in [-0.3, -0.25) is 0 Å². The first-order valence-electron chi connectivity index (χ1n) is 8.17. The van der Waals surface area contributed by atoms with Gasteiger partial charge in [0.25, 0.3) is 0 Å². The molecule has 0 aromatic rings. The molecule has 2 aliphatic rings. The summed E-state index contributed by atoms with van der Waals surface area (Å²) >= 11 is 0. The van der Waals surface area contributed by atoms with Crippen LogP contribution in [0.25, 0.3) is 0 Å². The van der Waals surface area contributed by atoms with Crippen molar-refractivity contribution in [2.45, 2.75) is 83.3 Å². The van der Waals surface area contributed by atoms with Crippen molar-refractivity contribution >= 4 is 0 Å². The summed E-state index contributed by atoms with van der Waals surface area (Å²) in [5.74, 6) is 0.957. The zero-order valence-electron chi connectivity index (χ0n) is 12.6. The molecule has 1 saturated carbocycles. The molecule has 3 unspecified atom stereocenters. The minimum atomic E-state index is 0.750. The molecule has 2 fully saturated rings. The summed E-state index contributed by atoms with van der Waals surface area (Å²) in [5, 5.41) is 4.00. The number of nitrogens with one attached hydrogen (secondary N) is 1. The van der Waals surface area contributed by atoms with E-state index < -0.39 is 0 Å². The van der Waals surface area contributed by atoms with Gasteiger partial charge in [-0.2, -0.15) is 0 Å². The second kappa shape index (κ2) is 6.91. The van der Waals surface area contributed by atoms with Crippen LogP contribution in [-0.2, 0) is 0 Å². The number of hydrogen-bond donors (Lipinski definition) is 1. The Morgan fingerprint density at radius 3 is 2.50 bits per heavy atom. The monoisotopic (exact) mass is 252 g/mol. The molecule has 0 radical (unpaired) electrons. The fourth-order valence-corrected chi connectivity index (χ4v) is 3.87. The van der Waals surface area contributed by atoms with Crippen molar-refractivity contribution in [2.75, 3.05) is 13.6 Å². The summed E-state index contributed by atoms with van der Waals surface area (Å²) < 4.78 is 0.